The molecule has 2 aromatic rings. The predicted octanol–water partition coefficient (Wildman–Crippen LogP) is 3.09. The van der Waals surface area contributed by atoms with E-state index in [4.69, 9.17) is 23.2 Å². The van der Waals surface area contributed by atoms with E-state index in [9.17, 15) is 4.79 Å². The maximum absolute atomic E-state index is 11.2. The van der Waals surface area contributed by atoms with Gasteiger partial charge in [0.25, 0.3) is 0 Å². The van der Waals surface area contributed by atoms with E-state index < -0.39 is 5.97 Å². The van der Waals surface area contributed by atoms with Crippen molar-refractivity contribution in [3.8, 4) is 0 Å². The van der Waals surface area contributed by atoms with Crippen molar-refractivity contribution >= 4 is 29.2 Å². The highest BCUT2D eigenvalue weighted by molar-refractivity contribution is 6.42. The second-order valence-corrected chi connectivity index (χ2v) is 4.47. The number of aromatic amines is 1. The lowest BCUT2D eigenvalue weighted by Crippen LogP contribution is -2.01. The van der Waals surface area contributed by atoms with Crippen LogP contribution in [0.1, 0.15) is 21.9 Å². The third-order valence-corrected chi connectivity index (χ3v) is 3.13. The molecule has 0 aliphatic rings. The lowest BCUT2D eigenvalue weighted by atomic mass is 10.1. The third-order valence-electron chi connectivity index (χ3n) is 2.39. The lowest BCUT2D eigenvalue weighted by molar-refractivity contribution is 0.0594. The van der Waals surface area contributed by atoms with E-state index in [0.717, 1.165) is 5.56 Å². The minimum absolute atomic E-state index is 0.326. The molecule has 1 heterocycles. The number of nitrogens with zero attached hydrogens (tertiary/aromatic N) is 1. The van der Waals surface area contributed by atoms with Gasteiger partial charge in [0.15, 0.2) is 0 Å². The monoisotopic (exact) mass is 284 g/mol. The van der Waals surface area contributed by atoms with Crippen LogP contribution >= 0.6 is 23.2 Å². The molecule has 4 nitrogen and oxygen atoms in total. The van der Waals surface area contributed by atoms with Gasteiger partial charge in [-0.15, -0.1) is 0 Å². The van der Waals surface area contributed by atoms with Gasteiger partial charge in [-0.05, 0) is 17.7 Å². The van der Waals surface area contributed by atoms with Gasteiger partial charge in [0.2, 0.25) is 0 Å². The Morgan fingerprint density at radius 1 is 1.39 bits per heavy atom. The number of hydrogen-bond acceptors (Lipinski definition) is 3. The summed E-state index contributed by atoms with van der Waals surface area (Å²) in [6.07, 6.45) is 1.98. The van der Waals surface area contributed by atoms with Crippen molar-refractivity contribution in [1.82, 2.24) is 9.97 Å². The van der Waals surface area contributed by atoms with Gasteiger partial charge in [-0.1, -0.05) is 29.3 Å². The summed E-state index contributed by atoms with van der Waals surface area (Å²) < 4.78 is 4.59. The molecule has 18 heavy (non-hydrogen) atoms. The molecule has 0 unspecified atom stereocenters. The highest BCUT2D eigenvalue weighted by atomic mass is 35.5. The summed E-state index contributed by atoms with van der Waals surface area (Å²) in [6.45, 7) is 0. The minimum atomic E-state index is -0.442. The number of benzene rings is 1. The van der Waals surface area contributed by atoms with E-state index in [1.165, 1.54) is 13.3 Å². The van der Waals surface area contributed by atoms with Crippen molar-refractivity contribution in [2.24, 2.45) is 0 Å². The number of hydrogen-bond donors (Lipinski definition) is 1. The van der Waals surface area contributed by atoms with Gasteiger partial charge < -0.3 is 9.72 Å². The Morgan fingerprint density at radius 2 is 2.17 bits per heavy atom. The number of esters is 1. The molecule has 1 aromatic heterocycles. The van der Waals surface area contributed by atoms with Crippen LogP contribution in [0.25, 0.3) is 0 Å². The molecule has 0 aliphatic carbocycles. The van der Waals surface area contributed by atoms with Crippen LogP contribution in [0.15, 0.2) is 24.4 Å². The Labute approximate surface area is 114 Å². The van der Waals surface area contributed by atoms with Crippen molar-refractivity contribution in [1.29, 1.82) is 0 Å². The molecule has 2 rings (SSSR count). The first-order chi connectivity index (χ1) is 8.60. The maximum atomic E-state index is 11.2. The summed E-state index contributed by atoms with van der Waals surface area (Å²) in [6, 6.07) is 5.35. The normalized spacial score (nSPS) is 10.4. The predicted molar refractivity (Wildman–Crippen MR) is 69.2 cm³/mol. The van der Waals surface area contributed by atoms with Crippen LogP contribution in [-0.2, 0) is 11.2 Å². The Kier molecular flexibility index (Phi) is 3.89. The van der Waals surface area contributed by atoms with Gasteiger partial charge in [-0.2, -0.15) is 0 Å². The molecule has 0 bridgehead atoms. The number of carbonyl (C=O) groups excluding carboxylic acids is 1. The van der Waals surface area contributed by atoms with Gasteiger partial charge in [-0.25, -0.2) is 9.78 Å². The second kappa shape index (κ2) is 5.42. The highest BCUT2D eigenvalue weighted by Crippen LogP contribution is 2.23. The molecule has 0 saturated carbocycles. The van der Waals surface area contributed by atoms with Gasteiger partial charge in [0.1, 0.15) is 11.5 Å². The molecule has 1 aromatic carbocycles. The molecule has 0 fully saturated rings. The van der Waals surface area contributed by atoms with Crippen molar-refractivity contribution in [3.05, 3.63) is 51.5 Å². The second-order valence-electron chi connectivity index (χ2n) is 3.66. The van der Waals surface area contributed by atoms with E-state index in [1.54, 1.807) is 12.1 Å². The molecule has 0 aliphatic heterocycles. The van der Waals surface area contributed by atoms with Crippen LogP contribution in [0.4, 0.5) is 0 Å². The quantitative estimate of drug-likeness (QED) is 0.882. The molecular formula is C12H10Cl2N2O2. The van der Waals surface area contributed by atoms with Gasteiger partial charge in [0.05, 0.1) is 23.4 Å². The smallest absolute Gasteiger partial charge is 0.356 e. The van der Waals surface area contributed by atoms with E-state index in [0.29, 0.717) is 28.0 Å². The van der Waals surface area contributed by atoms with Crippen LogP contribution in [0, 0.1) is 0 Å². The Balaban J connectivity index is 2.16. The van der Waals surface area contributed by atoms with Gasteiger partial charge in [0, 0.05) is 6.42 Å². The third kappa shape index (κ3) is 2.83. The highest BCUT2D eigenvalue weighted by Gasteiger charge is 2.10. The van der Waals surface area contributed by atoms with Crippen LogP contribution in [0.2, 0.25) is 10.0 Å². The van der Waals surface area contributed by atoms with Crippen LogP contribution in [-0.4, -0.2) is 23.0 Å². The molecule has 94 valence electrons. The molecular weight excluding hydrogens is 275 g/mol. The first-order valence-corrected chi connectivity index (χ1v) is 5.92. The molecule has 1 N–H and O–H groups in total. The van der Waals surface area contributed by atoms with Crippen LogP contribution < -0.4 is 0 Å². The Hall–Kier alpha value is -1.52. The Morgan fingerprint density at radius 3 is 2.83 bits per heavy atom. The van der Waals surface area contributed by atoms with E-state index in [1.807, 2.05) is 6.07 Å². The van der Waals surface area contributed by atoms with Gasteiger partial charge in [-0.3, -0.25) is 0 Å². The minimum Gasteiger partial charge on any atom is -0.464 e. The van der Waals surface area contributed by atoms with Crippen LogP contribution in [0.3, 0.4) is 0 Å². The summed E-state index contributed by atoms with van der Waals surface area (Å²) in [5, 5.41) is 1.00. The van der Waals surface area contributed by atoms with E-state index in [2.05, 4.69) is 14.7 Å². The van der Waals surface area contributed by atoms with E-state index in [-0.39, 0.29) is 0 Å². The Bertz CT molecular complexity index is 581. The van der Waals surface area contributed by atoms with Crippen molar-refractivity contribution in [2.75, 3.05) is 7.11 Å². The van der Waals surface area contributed by atoms with Crippen molar-refractivity contribution in [2.45, 2.75) is 6.42 Å². The summed E-state index contributed by atoms with van der Waals surface area (Å²) in [7, 11) is 1.32. The number of halogens is 2. The molecule has 0 amide bonds. The SMILES string of the molecule is COC(=O)c1cnc(Cc2ccc(Cl)c(Cl)c2)[nH]1. The number of methoxy groups -OCH3 is 1. The molecule has 0 atom stereocenters. The number of carbonyl (C=O) groups is 1. The first kappa shape index (κ1) is 12.9. The number of imidazole rings is 1. The average Bonchev–Trinajstić information content (AvgIpc) is 2.81. The zero-order valence-electron chi connectivity index (χ0n) is 9.54. The summed E-state index contributed by atoms with van der Waals surface area (Å²) >= 11 is 11.8. The first-order valence-electron chi connectivity index (χ1n) is 5.16. The summed E-state index contributed by atoms with van der Waals surface area (Å²) in [5.41, 5.74) is 1.28. The molecule has 0 radical (unpaired) electrons. The summed E-state index contributed by atoms with van der Waals surface area (Å²) in [5.74, 6) is 0.219. The van der Waals surface area contributed by atoms with Gasteiger partial charge >= 0.3 is 5.97 Å². The fraction of sp³-hybridized carbons (Fsp3) is 0.167. The van der Waals surface area contributed by atoms with E-state index >= 15 is 0 Å². The fourth-order valence-electron chi connectivity index (χ4n) is 1.51. The molecule has 0 saturated heterocycles. The molecule has 6 heteroatoms. The number of ether oxygens (including phenoxy) is 1. The fourth-order valence-corrected chi connectivity index (χ4v) is 1.83. The van der Waals surface area contributed by atoms with Crippen molar-refractivity contribution in [3.63, 3.8) is 0 Å². The largest absolute Gasteiger partial charge is 0.464 e. The number of aromatic nitrogens is 2. The number of H-pyrrole nitrogens is 1. The summed E-state index contributed by atoms with van der Waals surface area (Å²) in [4.78, 5) is 18.2. The maximum Gasteiger partial charge on any atom is 0.356 e. The zero-order valence-corrected chi connectivity index (χ0v) is 11.0. The average molecular weight is 285 g/mol. The zero-order chi connectivity index (χ0) is 13.1. The number of rotatable bonds is 3. The number of nitrogens with one attached hydrogen (secondary N) is 1. The lowest BCUT2D eigenvalue weighted by Gasteiger charge is -2.01. The molecule has 0 spiro atoms. The standard InChI is InChI=1S/C12H10Cl2N2O2/c1-18-12(17)10-6-15-11(16-10)5-7-2-3-8(13)9(14)4-7/h2-4,6H,5H2,1H3,(H,15,16). The van der Waals surface area contributed by atoms with Crippen molar-refractivity contribution < 1.29 is 9.53 Å². The van der Waals surface area contributed by atoms with Crippen LogP contribution in [0.5, 0.6) is 0 Å². The topological polar surface area (TPSA) is 55.0 Å².